The van der Waals surface area contributed by atoms with Gasteiger partial charge in [-0.3, -0.25) is 0 Å². The number of benzene rings is 1. The van der Waals surface area contributed by atoms with Crippen LogP contribution in [0.25, 0.3) is 0 Å². The number of nitrogens with one attached hydrogen (secondary N) is 1. The van der Waals surface area contributed by atoms with Gasteiger partial charge in [0.1, 0.15) is 0 Å². The van der Waals surface area contributed by atoms with E-state index in [0.29, 0.717) is 19.6 Å². The molecule has 0 aliphatic rings. The SMILES string of the molecule is COCCC(C)(O)CNC(C)c1ccc(Cl)cc1. The Morgan fingerprint density at radius 3 is 2.56 bits per heavy atom. The van der Waals surface area contributed by atoms with Crippen LogP contribution < -0.4 is 5.32 Å². The summed E-state index contributed by atoms with van der Waals surface area (Å²) in [6, 6.07) is 7.90. The molecule has 0 radical (unpaired) electrons. The molecule has 0 amide bonds. The molecule has 1 rings (SSSR count). The van der Waals surface area contributed by atoms with E-state index in [9.17, 15) is 5.11 Å². The lowest BCUT2D eigenvalue weighted by Gasteiger charge is -2.26. The Balaban J connectivity index is 2.45. The minimum Gasteiger partial charge on any atom is -0.389 e. The summed E-state index contributed by atoms with van der Waals surface area (Å²) in [5, 5.41) is 14.2. The van der Waals surface area contributed by atoms with E-state index in [-0.39, 0.29) is 6.04 Å². The maximum absolute atomic E-state index is 10.1. The predicted octanol–water partition coefficient (Wildman–Crippen LogP) is 2.78. The van der Waals surface area contributed by atoms with Gasteiger partial charge < -0.3 is 15.2 Å². The van der Waals surface area contributed by atoms with Crippen LogP contribution in [0.3, 0.4) is 0 Å². The topological polar surface area (TPSA) is 41.5 Å². The van der Waals surface area contributed by atoms with Crippen LogP contribution in [0, 0.1) is 0 Å². The molecule has 0 aliphatic carbocycles. The smallest absolute Gasteiger partial charge is 0.0765 e. The fraction of sp³-hybridized carbons (Fsp3) is 0.571. The number of halogens is 1. The first-order chi connectivity index (χ1) is 8.44. The van der Waals surface area contributed by atoms with E-state index in [1.807, 2.05) is 31.2 Å². The van der Waals surface area contributed by atoms with Gasteiger partial charge in [0.2, 0.25) is 0 Å². The van der Waals surface area contributed by atoms with Crippen molar-refractivity contribution in [3.05, 3.63) is 34.9 Å². The van der Waals surface area contributed by atoms with E-state index in [4.69, 9.17) is 16.3 Å². The fourth-order valence-electron chi connectivity index (χ4n) is 1.65. The van der Waals surface area contributed by atoms with E-state index in [1.165, 1.54) is 0 Å². The summed E-state index contributed by atoms with van der Waals surface area (Å²) in [5.41, 5.74) is 0.401. The first-order valence-corrected chi connectivity index (χ1v) is 6.52. The van der Waals surface area contributed by atoms with Gasteiger partial charge >= 0.3 is 0 Å². The van der Waals surface area contributed by atoms with Crippen LogP contribution in [0.15, 0.2) is 24.3 Å². The molecule has 0 heterocycles. The third-order valence-electron chi connectivity index (χ3n) is 3.00. The van der Waals surface area contributed by atoms with Gasteiger partial charge in [0, 0.05) is 37.7 Å². The summed E-state index contributed by atoms with van der Waals surface area (Å²) in [6.45, 7) is 4.97. The summed E-state index contributed by atoms with van der Waals surface area (Å²) in [6.07, 6.45) is 0.615. The minimum absolute atomic E-state index is 0.177. The molecule has 0 aliphatic heterocycles. The molecule has 102 valence electrons. The second-order valence-corrected chi connectivity index (χ2v) is 5.33. The Bertz CT molecular complexity index is 351. The molecular formula is C14H22ClNO2. The number of rotatable bonds is 7. The highest BCUT2D eigenvalue weighted by Crippen LogP contribution is 2.17. The molecular weight excluding hydrogens is 250 g/mol. The summed E-state index contributed by atoms with van der Waals surface area (Å²) >= 11 is 5.85. The van der Waals surface area contributed by atoms with E-state index in [0.717, 1.165) is 10.6 Å². The second kappa shape index (κ2) is 7.10. The maximum Gasteiger partial charge on any atom is 0.0765 e. The molecule has 0 saturated carbocycles. The molecule has 1 aromatic rings. The van der Waals surface area contributed by atoms with Gasteiger partial charge in [-0.05, 0) is 31.5 Å². The van der Waals surface area contributed by atoms with Gasteiger partial charge in [0.15, 0.2) is 0 Å². The van der Waals surface area contributed by atoms with Crippen molar-refractivity contribution in [1.82, 2.24) is 5.32 Å². The van der Waals surface area contributed by atoms with Gasteiger partial charge in [0.05, 0.1) is 5.60 Å². The molecule has 1 aromatic carbocycles. The van der Waals surface area contributed by atoms with Crippen LogP contribution in [0.1, 0.15) is 31.9 Å². The average molecular weight is 272 g/mol. The van der Waals surface area contributed by atoms with Crippen molar-refractivity contribution in [2.75, 3.05) is 20.3 Å². The highest BCUT2D eigenvalue weighted by Gasteiger charge is 2.20. The number of ether oxygens (including phenoxy) is 1. The zero-order chi connectivity index (χ0) is 13.6. The quantitative estimate of drug-likeness (QED) is 0.801. The van der Waals surface area contributed by atoms with Gasteiger partial charge in [0.25, 0.3) is 0 Å². The number of methoxy groups -OCH3 is 1. The third kappa shape index (κ3) is 5.36. The summed E-state index contributed by atoms with van der Waals surface area (Å²) in [5.74, 6) is 0. The Labute approximate surface area is 114 Å². The van der Waals surface area contributed by atoms with Crippen molar-refractivity contribution in [2.45, 2.75) is 31.9 Å². The normalized spacial score (nSPS) is 16.3. The highest BCUT2D eigenvalue weighted by molar-refractivity contribution is 6.30. The zero-order valence-corrected chi connectivity index (χ0v) is 12.0. The lowest BCUT2D eigenvalue weighted by atomic mass is 10.0. The van der Waals surface area contributed by atoms with E-state index >= 15 is 0 Å². The minimum atomic E-state index is -0.753. The van der Waals surface area contributed by atoms with Crippen molar-refractivity contribution in [3.63, 3.8) is 0 Å². The molecule has 4 heteroatoms. The van der Waals surface area contributed by atoms with Crippen LogP contribution in [0.2, 0.25) is 5.02 Å². The van der Waals surface area contributed by atoms with Crippen molar-refractivity contribution >= 4 is 11.6 Å². The number of hydrogen-bond donors (Lipinski definition) is 2. The lowest BCUT2D eigenvalue weighted by molar-refractivity contribution is 0.0231. The molecule has 2 N–H and O–H groups in total. The van der Waals surface area contributed by atoms with Crippen molar-refractivity contribution < 1.29 is 9.84 Å². The number of aliphatic hydroxyl groups is 1. The lowest BCUT2D eigenvalue weighted by Crippen LogP contribution is -2.39. The third-order valence-corrected chi connectivity index (χ3v) is 3.26. The molecule has 0 aromatic heterocycles. The fourth-order valence-corrected chi connectivity index (χ4v) is 1.78. The van der Waals surface area contributed by atoms with Crippen molar-refractivity contribution in [1.29, 1.82) is 0 Å². The van der Waals surface area contributed by atoms with Crippen LogP contribution in [0.4, 0.5) is 0 Å². The van der Waals surface area contributed by atoms with Crippen LogP contribution in [-0.2, 0) is 4.74 Å². The van der Waals surface area contributed by atoms with Crippen molar-refractivity contribution in [3.8, 4) is 0 Å². The van der Waals surface area contributed by atoms with E-state index in [2.05, 4.69) is 12.2 Å². The molecule has 0 saturated heterocycles. The second-order valence-electron chi connectivity index (χ2n) is 4.89. The van der Waals surface area contributed by atoms with Crippen LogP contribution >= 0.6 is 11.6 Å². The largest absolute Gasteiger partial charge is 0.389 e. The molecule has 0 fully saturated rings. The van der Waals surface area contributed by atoms with Gasteiger partial charge in [-0.15, -0.1) is 0 Å². The molecule has 2 unspecified atom stereocenters. The molecule has 0 bridgehead atoms. The monoisotopic (exact) mass is 271 g/mol. The maximum atomic E-state index is 10.1. The average Bonchev–Trinajstić information content (AvgIpc) is 2.35. The summed E-state index contributed by atoms with van der Waals surface area (Å²) in [4.78, 5) is 0. The first kappa shape index (κ1) is 15.4. The van der Waals surface area contributed by atoms with Crippen molar-refractivity contribution in [2.24, 2.45) is 0 Å². The molecule has 3 nitrogen and oxygen atoms in total. The number of hydrogen-bond acceptors (Lipinski definition) is 3. The Morgan fingerprint density at radius 2 is 2.00 bits per heavy atom. The standard InChI is InChI=1S/C14H22ClNO2/c1-11(12-4-6-13(15)7-5-12)16-10-14(2,17)8-9-18-3/h4-7,11,16-17H,8-10H2,1-3H3. The van der Waals surface area contributed by atoms with Gasteiger partial charge in [-0.1, -0.05) is 23.7 Å². The van der Waals surface area contributed by atoms with Crippen LogP contribution in [0.5, 0.6) is 0 Å². The zero-order valence-electron chi connectivity index (χ0n) is 11.2. The highest BCUT2D eigenvalue weighted by atomic mass is 35.5. The molecule has 0 spiro atoms. The first-order valence-electron chi connectivity index (χ1n) is 6.15. The predicted molar refractivity (Wildman–Crippen MR) is 75.0 cm³/mol. The van der Waals surface area contributed by atoms with Gasteiger partial charge in [-0.2, -0.15) is 0 Å². The van der Waals surface area contributed by atoms with Crippen LogP contribution in [-0.4, -0.2) is 31.0 Å². The Kier molecular flexibility index (Phi) is 6.09. The summed E-state index contributed by atoms with van der Waals surface area (Å²) < 4.78 is 4.98. The Morgan fingerprint density at radius 1 is 1.39 bits per heavy atom. The Hall–Kier alpha value is -0.610. The van der Waals surface area contributed by atoms with Gasteiger partial charge in [-0.25, -0.2) is 0 Å². The molecule has 18 heavy (non-hydrogen) atoms. The van der Waals surface area contributed by atoms with E-state index < -0.39 is 5.60 Å². The molecule has 2 atom stereocenters. The summed E-state index contributed by atoms with van der Waals surface area (Å²) in [7, 11) is 1.64. The van der Waals surface area contributed by atoms with E-state index in [1.54, 1.807) is 7.11 Å².